The second-order valence-corrected chi connectivity index (χ2v) is 8.56. The topological polar surface area (TPSA) is 93.5 Å². The van der Waals surface area contributed by atoms with Crippen molar-refractivity contribution in [3.8, 4) is 0 Å². The number of amides is 2. The van der Waals surface area contributed by atoms with Gasteiger partial charge in [0.15, 0.2) is 0 Å². The van der Waals surface area contributed by atoms with Crippen LogP contribution in [0.4, 0.5) is 4.79 Å². The zero-order chi connectivity index (χ0) is 23.3. The van der Waals surface area contributed by atoms with Crippen LogP contribution in [0.3, 0.4) is 0 Å². The Kier molecular flexibility index (Phi) is 20.8. The van der Waals surface area contributed by atoms with E-state index in [0.29, 0.717) is 19.5 Å². The van der Waals surface area contributed by atoms with Gasteiger partial charge in [-0.2, -0.15) is 0 Å². The predicted molar refractivity (Wildman–Crippen MR) is 139 cm³/mol. The highest BCUT2D eigenvalue weighted by Gasteiger charge is 2.12. The van der Waals surface area contributed by atoms with E-state index >= 15 is 0 Å². The van der Waals surface area contributed by atoms with Crippen LogP contribution >= 0.6 is 12.4 Å². The smallest absolute Gasteiger partial charge is 0.407 e. The molecular formula is C26H46ClN3O3. The van der Waals surface area contributed by atoms with Gasteiger partial charge in [-0.3, -0.25) is 4.79 Å². The molecule has 2 amide bonds. The van der Waals surface area contributed by atoms with Crippen LogP contribution in [0.1, 0.15) is 96.0 Å². The van der Waals surface area contributed by atoms with E-state index in [4.69, 9.17) is 10.5 Å². The Balaban J connectivity index is 0.0000102. The van der Waals surface area contributed by atoms with Gasteiger partial charge < -0.3 is 21.1 Å². The second-order valence-electron chi connectivity index (χ2n) is 8.56. The highest BCUT2D eigenvalue weighted by molar-refractivity contribution is 5.85. The van der Waals surface area contributed by atoms with Gasteiger partial charge >= 0.3 is 6.09 Å². The number of benzene rings is 1. The van der Waals surface area contributed by atoms with Gasteiger partial charge in [-0.05, 0) is 31.2 Å². The van der Waals surface area contributed by atoms with Gasteiger partial charge in [-0.15, -0.1) is 12.4 Å². The van der Waals surface area contributed by atoms with Crippen molar-refractivity contribution in [1.82, 2.24) is 10.6 Å². The fourth-order valence-electron chi connectivity index (χ4n) is 3.54. The quantitative estimate of drug-likeness (QED) is 0.214. The number of alkyl carbamates (subject to hydrolysis) is 1. The van der Waals surface area contributed by atoms with E-state index in [1.807, 2.05) is 30.3 Å². The first kappa shape index (κ1) is 31.2. The Hall–Kier alpha value is -1.79. The average molecular weight is 484 g/mol. The van der Waals surface area contributed by atoms with Crippen LogP contribution in [0, 0.1) is 0 Å². The van der Waals surface area contributed by atoms with Gasteiger partial charge in [0.1, 0.15) is 6.61 Å². The van der Waals surface area contributed by atoms with Gasteiger partial charge in [-0.25, -0.2) is 4.79 Å². The Bertz CT molecular complexity index is 602. The number of unbranched alkanes of at least 4 members (excludes halogenated alkanes) is 10. The SMILES string of the molecule is CCCCCCCCCCCCNC(=O)C(N)CCCCNC(=O)OCc1ccccc1.Cl. The van der Waals surface area contributed by atoms with Crippen LogP contribution < -0.4 is 16.4 Å². The van der Waals surface area contributed by atoms with Crippen LogP contribution in [0.5, 0.6) is 0 Å². The molecule has 4 N–H and O–H groups in total. The fraction of sp³-hybridized carbons (Fsp3) is 0.692. The molecule has 1 aromatic rings. The number of halogens is 1. The van der Waals surface area contributed by atoms with Crippen molar-refractivity contribution in [2.24, 2.45) is 5.73 Å². The molecule has 0 aliphatic carbocycles. The number of ether oxygens (including phenoxy) is 1. The Morgan fingerprint density at radius 3 is 2.00 bits per heavy atom. The maximum atomic E-state index is 12.1. The van der Waals surface area contributed by atoms with Crippen molar-refractivity contribution in [3.63, 3.8) is 0 Å². The maximum absolute atomic E-state index is 12.1. The molecule has 33 heavy (non-hydrogen) atoms. The molecule has 0 saturated heterocycles. The fourth-order valence-corrected chi connectivity index (χ4v) is 3.54. The molecule has 0 fully saturated rings. The number of carbonyl (C=O) groups excluding carboxylic acids is 2. The van der Waals surface area contributed by atoms with E-state index in [1.165, 1.54) is 51.4 Å². The summed E-state index contributed by atoms with van der Waals surface area (Å²) in [5, 5.41) is 5.67. The van der Waals surface area contributed by atoms with E-state index in [0.717, 1.165) is 31.2 Å². The first-order chi connectivity index (χ1) is 15.6. The minimum absolute atomic E-state index is 0. The first-order valence-electron chi connectivity index (χ1n) is 12.6. The van der Waals surface area contributed by atoms with Crippen LogP contribution in [0.2, 0.25) is 0 Å². The molecule has 7 heteroatoms. The number of nitrogens with two attached hydrogens (primary N) is 1. The van der Waals surface area contributed by atoms with Gasteiger partial charge in [0, 0.05) is 13.1 Å². The number of hydrogen-bond donors (Lipinski definition) is 3. The number of rotatable bonds is 19. The van der Waals surface area contributed by atoms with Crippen molar-refractivity contribution >= 4 is 24.4 Å². The van der Waals surface area contributed by atoms with Crippen LogP contribution in [-0.2, 0) is 16.1 Å². The van der Waals surface area contributed by atoms with Crippen molar-refractivity contribution in [2.45, 2.75) is 103 Å². The van der Waals surface area contributed by atoms with E-state index in [9.17, 15) is 9.59 Å². The first-order valence-corrected chi connectivity index (χ1v) is 12.6. The summed E-state index contributed by atoms with van der Waals surface area (Å²) >= 11 is 0. The molecule has 1 atom stereocenters. The highest BCUT2D eigenvalue weighted by atomic mass is 35.5. The molecule has 1 rings (SSSR count). The summed E-state index contributed by atoms with van der Waals surface area (Å²) in [6.07, 6.45) is 14.6. The molecule has 0 spiro atoms. The summed E-state index contributed by atoms with van der Waals surface area (Å²) < 4.78 is 5.16. The van der Waals surface area contributed by atoms with Gasteiger partial charge in [0.25, 0.3) is 0 Å². The molecule has 190 valence electrons. The third-order valence-electron chi connectivity index (χ3n) is 5.59. The summed E-state index contributed by atoms with van der Waals surface area (Å²) in [5.74, 6) is -0.0730. The standard InChI is InChI=1S/C26H45N3O3.ClH/c1-2-3-4-5-6-7-8-9-10-15-20-28-25(30)24(27)19-14-16-21-29-26(31)32-22-23-17-12-11-13-18-23;/h11-13,17-18,24H,2-10,14-16,19-22,27H2,1H3,(H,28,30)(H,29,31);1H. The van der Waals surface area contributed by atoms with Crippen LogP contribution in [0.15, 0.2) is 30.3 Å². The van der Waals surface area contributed by atoms with E-state index in [2.05, 4.69) is 17.6 Å². The number of hydrogen-bond acceptors (Lipinski definition) is 4. The zero-order valence-electron chi connectivity index (χ0n) is 20.5. The third kappa shape index (κ3) is 18.3. The molecular weight excluding hydrogens is 438 g/mol. The minimum Gasteiger partial charge on any atom is -0.445 e. The summed E-state index contributed by atoms with van der Waals surface area (Å²) in [4.78, 5) is 23.8. The summed E-state index contributed by atoms with van der Waals surface area (Å²) in [6.45, 7) is 3.73. The van der Waals surface area contributed by atoms with Crippen molar-refractivity contribution in [1.29, 1.82) is 0 Å². The molecule has 1 unspecified atom stereocenters. The lowest BCUT2D eigenvalue weighted by atomic mass is 10.1. The third-order valence-corrected chi connectivity index (χ3v) is 5.59. The molecule has 0 radical (unpaired) electrons. The maximum Gasteiger partial charge on any atom is 0.407 e. The van der Waals surface area contributed by atoms with Crippen molar-refractivity contribution < 1.29 is 14.3 Å². The molecule has 0 aliphatic rings. The Morgan fingerprint density at radius 2 is 1.36 bits per heavy atom. The minimum atomic E-state index is -0.483. The van der Waals surface area contributed by atoms with Gasteiger partial charge in [0.2, 0.25) is 5.91 Å². The molecule has 0 aliphatic heterocycles. The Morgan fingerprint density at radius 1 is 0.818 bits per heavy atom. The van der Waals surface area contributed by atoms with E-state index in [-0.39, 0.29) is 24.9 Å². The normalized spacial score (nSPS) is 11.3. The lowest BCUT2D eigenvalue weighted by Crippen LogP contribution is -2.41. The molecule has 0 saturated carbocycles. The van der Waals surface area contributed by atoms with E-state index in [1.54, 1.807) is 0 Å². The van der Waals surface area contributed by atoms with Crippen molar-refractivity contribution in [2.75, 3.05) is 13.1 Å². The Labute approximate surface area is 207 Å². The lowest BCUT2D eigenvalue weighted by Gasteiger charge is -2.12. The zero-order valence-corrected chi connectivity index (χ0v) is 21.3. The van der Waals surface area contributed by atoms with Crippen LogP contribution in [0.25, 0.3) is 0 Å². The van der Waals surface area contributed by atoms with Gasteiger partial charge in [-0.1, -0.05) is 95.0 Å². The summed E-state index contributed by atoms with van der Waals surface area (Å²) in [7, 11) is 0. The summed E-state index contributed by atoms with van der Waals surface area (Å²) in [6, 6.07) is 9.09. The molecule has 0 aromatic heterocycles. The highest BCUT2D eigenvalue weighted by Crippen LogP contribution is 2.10. The van der Waals surface area contributed by atoms with E-state index < -0.39 is 12.1 Å². The second kappa shape index (κ2) is 22.0. The molecule has 6 nitrogen and oxygen atoms in total. The predicted octanol–water partition coefficient (Wildman–Crippen LogP) is 5.87. The van der Waals surface area contributed by atoms with Crippen LogP contribution in [-0.4, -0.2) is 31.1 Å². The monoisotopic (exact) mass is 483 g/mol. The number of nitrogens with one attached hydrogen (secondary N) is 2. The molecule has 0 heterocycles. The van der Waals surface area contributed by atoms with Gasteiger partial charge in [0.05, 0.1) is 6.04 Å². The number of carbonyl (C=O) groups is 2. The van der Waals surface area contributed by atoms with Crippen molar-refractivity contribution in [3.05, 3.63) is 35.9 Å². The summed E-state index contributed by atoms with van der Waals surface area (Å²) in [5.41, 5.74) is 6.93. The largest absolute Gasteiger partial charge is 0.445 e. The molecule has 0 bridgehead atoms. The average Bonchev–Trinajstić information content (AvgIpc) is 2.81. The lowest BCUT2D eigenvalue weighted by molar-refractivity contribution is -0.122. The molecule has 1 aromatic carbocycles.